The lowest BCUT2D eigenvalue weighted by atomic mass is 9.87. The molecule has 13 heavy (non-hydrogen) atoms. The highest BCUT2D eigenvalue weighted by atomic mass is 16.3. The Morgan fingerprint density at radius 2 is 1.92 bits per heavy atom. The van der Waals surface area contributed by atoms with Crippen LogP contribution in [0.15, 0.2) is 30.3 Å². The normalized spacial score (nSPS) is 15.3. The third kappa shape index (κ3) is 2.31. The molecule has 1 atom stereocenters. The third-order valence-corrected chi connectivity index (χ3v) is 2.39. The van der Waals surface area contributed by atoms with Gasteiger partial charge in [0.15, 0.2) is 0 Å². The van der Waals surface area contributed by atoms with E-state index in [1.165, 1.54) is 0 Å². The Morgan fingerprint density at radius 1 is 1.31 bits per heavy atom. The zero-order chi connectivity index (χ0) is 9.73. The van der Waals surface area contributed by atoms with Crippen LogP contribution in [0.5, 0.6) is 0 Å². The van der Waals surface area contributed by atoms with Gasteiger partial charge in [0.05, 0.1) is 5.60 Å². The zero-order valence-corrected chi connectivity index (χ0v) is 8.16. The van der Waals surface area contributed by atoms with Gasteiger partial charge in [-0.15, -0.1) is 0 Å². The monoisotopic (exact) mass is 177 g/mol. The van der Waals surface area contributed by atoms with Crippen LogP contribution in [0.2, 0.25) is 0 Å². The van der Waals surface area contributed by atoms with Gasteiger partial charge in [0.25, 0.3) is 0 Å². The highest BCUT2D eigenvalue weighted by Gasteiger charge is 2.25. The fraction of sp³-hybridized carbons (Fsp3) is 0.417. The van der Waals surface area contributed by atoms with E-state index < -0.39 is 5.60 Å². The quantitative estimate of drug-likeness (QED) is 0.749. The Kier molecular flexibility index (Phi) is 3.49. The first kappa shape index (κ1) is 10.3. The Morgan fingerprint density at radius 3 is 2.38 bits per heavy atom. The topological polar surface area (TPSA) is 20.2 Å². The molecular formula is C12H17O. The van der Waals surface area contributed by atoms with Crippen molar-refractivity contribution in [1.82, 2.24) is 0 Å². The van der Waals surface area contributed by atoms with E-state index in [4.69, 9.17) is 0 Å². The molecule has 0 bridgehead atoms. The smallest absolute Gasteiger partial charge is 0.0896 e. The summed E-state index contributed by atoms with van der Waals surface area (Å²) < 4.78 is 0. The number of benzene rings is 1. The van der Waals surface area contributed by atoms with Gasteiger partial charge in [-0.25, -0.2) is 0 Å². The Labute approximate surface area is 80.4 Å². The van der Waals surface area contributed by atoms with Crippen LogP contribution in [-0.2, 0) is 5.60 Å². The maximum Gasteiger partial charge on any atom is 0.0896 e. The number of rotatable bonds is 4. The van der Waals surface area contributed by atoms with Crippen molar-refractivity contribution in [2.45, 2.75) is 31.8 Å². The van der Waals surface area contributed by atoms with E-state index in [1.54, 1.807) is 0 Å². The summed E-state index contributed by atoms with van der Waals surface area (Å²) in [5.74, 6) is 0. The summed E-state index contributed by atoms with van der Waals surface area (Å²) in [4.78, 5) is 0. The van der Waals surface area contributed by atoms with E-state index in [9.17, 15) is 5.11 Å². The molecule has 0 spiro atoms. The van der Waals surface area contributed by atoms with Crippen LogP contribution in [0, 0.1) is 6.92 Å². The van der Waals surface area contributed by atoms with Crippen molar-refractivity contribution in [2.24, 2.45) is 0 Å². The van der Waals surface area contributed by atoms with Crippen molar-refractivity contribution < 1.29 is 5.11 Å². The summed E-state index contributed by atoms with van der Waals surface area (Å²) in [5, 5.41) is 10.2. The Bertz CT molecular complexity index is 243. The Hall–Kier alpha value is -0.820. The van der Waals surface area contributed by atoms with Crippen LogP contribution >= 0.6 is 0 Å². The van der Waals surface area contributed by atoms with Crippen molar-refractivity contribution in [2.75, 3.05) is 0 Å². The van der Waals surface area contributed by atoms with Crippen LogP contribution in [0.3, 0.4) is 0 Å². The summed E-state index contributed by atoms with van der Waals surface area (Å²) in [6.45, 7) is 5.88. The minimum Gasteiger partial charge on any atom is -0.385 e. The number of hydrogen-bond acceptors (Lipinski definition) is 1. The van der Waals surface area contributed by atoms with Gasteiger partial charge in [0.2, 0.25) is 0 Å². The summed E-state index contributed by atoms with van der Waals surface area (Å²) >= 11 is 0. The van der Waals surface area contributed by atoms with Crippen LogP contribution < -0.4 is 0 Å². The first-order chi connectivity index (χ1) is 6.23. The van der Waals surface area contributed by atoms with Gasteiger partial charge in [0.1, 0.15) is 0 Å². The molecular weight excluding hydrogens is 160 g/mol. The lowest BCUT2D eigenvalue weighted by Crippen LogP contribution is -2.24. The van der Waals surface area contributed by atoms with Gasteiger partial charge in [-0.2, -0.15) is 0 Å². The van der Waals surface area contributed by atoms with E-state index >= 15 is 0 Å². The Balaban J connectivity index is 2.89. The molecule has 1 aromatic rings. The molecule has 0 aliphatic carbocycles. The predicted molar refractivity (Wildman–Crippen MR) is 55.2 cm³/mol. The molecule has 1 radical (unpaired) electrons. The van der Waals surface area contributed by atoms with Crippen LogP contribution in [0.4, 0.5) is 0 Å². The fourth-order valence-electron chi connectivity index (χ4n) is 1.58. The second-order valence-electron chi connectivity index (χ2n) is 3.40. The fourth-order valence-corrected chi connectivity index (χ4v) is 1.58. The molecule has 0 aliphatic heterocycles. The lowest BCUT2D eigenvalue weighted by molar-refractivity contribution is 0.0289. The standard InChI is InChI=1S/C12H17O/c1-3-10-12(13,4-2)11-8-6-5-7-9-11/h5-9,13H,2-4,10H2,1H3. The van der Waals surface area contributed by atoms with E-state index in [1.807, 2.05) is 30.3 Å². The van der Waals surface area contributed by atoms with Gasteiger partial charge in [-0.3, -0.25) is 0 Å². The SMILES string of the molecule is [CH2]CC(O)(CCC)c1ccccc1. The van der Waals surface area contributed by atoms with E-state index in [0.29, 0.717) is 6.42 Å². The highest BCUT2D eigenvalue weighted by molar-refractivity contribution is 5.22. The molecule has 1 heteroatoms. The van der Waals surface area contributed by atoms with Gasteiger partial charge >= 0.3 is 0 Å². The van der Waals surface area contributed by atoms with Crippen LogP contribution in [-0.4, -0.2) is 5.11 Å². The van der Waals surface area contributed by atoms with Crippen LogP contribution in [0.25, 0.3) is 0 Å². The molecule has 1 rings (SSSR count). The minimum atomic E-state index is -0.726. The molecule has 0 amide bonds. The highest BCUT2D eigenvalue weighted by Crippen LogP contribution is 2.29. The summed E-state index contributed by atoms with van der Waals surface area (Å²) in [7, 11) is 0. The van der Waals surface area contributed by atoms with Crippen molar-refractivity contribution in [1.29, 1.82) is 0 Å². The number of aliphatic hydroxyl groups is 1. The molecule has 0 heterocycles. The minimum absolute atomic E-state index is 0.533. The zero-order valence-electron chi connectivity index (χ0n) is 8.16. The average Bonchev–Trinajstić information content (AvgIpc) is 2.19. The second-order valence-corrected chi connectivity index (χ2v) is 3.40. The number of hydrogen-bond donors (Lipinski definition) is 1. The first-order valence-electron chi connectivity index (χ1n) is 4.80. The van der Waals surface area contributed by atoms with Gasteiger partial charge in [-0.1, -0.05) is 50.6 Å². The molecule has 0 aliphatic rings. The molecule has 71 valence electrons. The van der Waals surface area contributed by atoms with Crippen molar-refractivity contribution >= 4 is 0 Å². The summed E-state index contributed by atoms with van der Waals surface area (Å²) in [6.07, 6.45) is 2.28. The summed E-state index contributed by atoms with van der Waals surface area (Å²) in [5.41, 5.74) is 0.252. The predicted octanol–water partition coefficient (Wildman–Crippen LogP) is 2.90. The van der Waals surface area contributed by atoms with Crippen LogP contribution in [0.1, 0.15) is 31.7 Å². The maximum absolute atomic E-state index is 10.2. The third-order valence-electron chi connectivity index (χ3n) is 2.39. The molecule has 0 saturated carbocycles. The average molecular weight is 177 g/mol. The maximum atomic E-state index is 10.2. The van der Waals surface area contributed by atoms with Crippen molar-refractivity contribution in [3.63, 3.8) is 0 Å². The largest absolute Gasteiger partial charge is 0.385 e. The molecule has 1 nitrogen and oxygen atoms in total. The molecule has 1 aromatic carbocycles. The van der Waals surface area contributed by atoms with Crippen molar-refractivity contribution in [3.05, 3.63) is 42.8 Å². The molecule has 0 aromatic heterocycles. The second kappa shape index (κ2) is 4.43. The van der Waals surface area contributed by atoms with Gasteiger partial charge in [0, 0.05) is 0 Å². The summed E-state index contributed by atoms with van der Waals surface area (Å²) in [6, 6.07) is 9.78. The lowest BCUT2D eigenvalue weighted by Gasteiger charge is -2.26. The first-order valence-corrected chi connectivity index (χ1v) is 4.80. The molecule has 1 N–H and O–H groups in total. The van der Waals surface area contributed by atoms with Gasteiger partial charge < -0.3 is 5.11 Å². The van der Waals surface area contributed by atoms with E-state index in [0.717, 1.165) is 18.4 Å². The van der Waals surface area contributed by atoms with Gasteiger partial charge in [-0.05, 0) is 18.4 Å². The molecule has 1 unspecified atom stereocenters. The molecule has 0 saturated heterocycles. The van der Waals surface area contributed by atoms with E-state index in [-0.39, 0.29) is 0 Å². The van der Waals surface area contributed by atoms with Crippen molar-refractivity contribution in [3.8, 4) is 0 Å². The molecule has 0 fully saturated rings. The van der Waals surface area contributed by atoms with E-state index in [2.05, 4.69) is 13.8 Å².